The summed E-state index contributed by atoms with van der Waals surface area (Å²) in [5.41, 5.74) is 0.647. The van der Waals surface area contributed by atoms with Gasteiger partial charge in [-0.1, -0.05) is 15.9 Å². The minimum absolute atomic E-state index is 0.104. The predicted octanol–water partition coefficient (Wildman–Crippen LogP) is 2.72. The van der Waals surface area contributed by atoms with E-state index in [2.05, 4.69) is 31.2 Å². The highest BCUT2D eigenvalue weighted by molar-refractivity contribution is 9.10. The molecule has 132 valence electrons. The fraction of sp³-hybridized carbons (Fsp3) is 0.0588. The number of aliphatic carboxylic acids is 1. The lowest BCUT2D eigenvalue weighted by Gasteiger charge is -2.13. The number of carboxylic acid groups (broad SMARTS) is 1. The van der Waals surface area contributed by atoms with Gasteiger partial charge in [0.1, 0.15) is 29.2 Å². The van der Waals surface area contributed by atoms with Crippen LogP contribution in [-0.2, 0) is 4.79 Å². The van der Waals surface area contributed by atoms with Gasteiger partial charge in [0.15, 0.2) is 0 Å². The van der Waals surface area contributed by atoms with Gasteiger partial charge < -0.3 is 15.5 Å². The molecule has 0 saturated heterocycles. The van der Waals surface area contributed by atoms with E-state index in [4.69, 9.17) is 5.11 Å². The zero-order chi connectivity index (χ0) is 18.8. The summed E-state index contributed by atoms with van der Waals surface area (Å²) in [6.45, 7) is -0.629. The van der Waals surface area contributed by atoms with Crippen molar-refractivity contribution in [3.8, 4) is 16.9 Å². The molecule has 3 N–H and O–H groups in total. The number of rotatable bonds is 4. The summed E-state index contributed by atoms with van der Waals surface area (Å²) in [6, 6.07) is 5.49. The predicted molar refractivity (Wildman–Crippen MR) is 94.3 cm³/mol. The lowest BCUT2D eigenvalue weighted by Crippen LogP contribution is -2.29. The SMILES string of the molecule is O=C(O)CNC(=O)c1c(O)c(-c2cc(F)cc(Br)c2)cc2nccnc12. The third-order valence-corrected chi connectivity index (χ3v) is 3.99. The van der Waals surface area contributed by atoms with Crippen molar-refractivity contribution in [2.24, 2.45) is 0 Å². The molecule has 3 aromatic rings. The van der Waals surface area contributed by atoms with Crippen molar-refractivity contribution in [3.63, 3.8) is 0 Å². The number of aromatic nitrogens is 2. The van der Waals surface area contributed by atoms with Crippen molar-refractivity contribution < 1.29 is 24.2 Å². The number of amides is 1. The van der Waals surface area contributed by atoms with E-state index in [1.54, 1.807) is 6.07 Å². The zero-order valence-corrected chi connectivity index (χ0v) is 14.6. The number of hydrogen-bond acceptors (Lipinski definition) is 5. The fourth-order valence-corrected chi connectivity index (χ4v) is 2.95. The number of nitrogens with one attached hydrogen (secondary N) is 1. The molecule has 0 unspecified atom stereocenters. The van der Waals surface area contributed by atoms with Gasteiger partial charge >= 0.3 is 5.97 Å². The average molecular weight is 420 g/mol. The Labute approximate surface area is 154 Å². The van der Waals surface area contributed by atoms with E-state index in [0.29, 0.717) is 15.6 Å². The maximum atomic E-state index is 13.7. The number of carbonyl (C=O) groups excluding carboxylic acids is 1. The van der Waals surface area contributed by atoms with E-state index in [-0.39, 0.29) is 16.6 Å². The Kier molecular flexibility index (Phi) is 4.81. The maximum Gasteiger partial charge on any atom is 0.322 e. The second-order valence-electron chi connectivity index (χ2n) is 5.31. The number of hydrogen-bond donors (Lipinski definition) is 3. The highest BCUT2D eigenvalue weighted by atomic mass is 79.9. The van der Waals surface area contributed by atoms with Crippen molar-refractivity contribution >= 4 is 38.8 Å². The van der Waals surface area contributed by atoms with Crippen LogP contribution < -0.4 is 5.32 Å². The second-order valence-corrected chi connectivity index (χ2v) is 6.22. The molecule has 0 spiro atoms. The number of carbonyl (C=O) groups is 2. The van der Waals surface area contributed by atoms with Crippen molar-refractivity contribution in [3.05, 3.63) is 52.5 Å². The van der Waals surface area contributed by atoms with Gasteiger partial charge in [0.05, 0.1) is 5.52 Å². The quantitative estimate of drug-likeness (QED) is 0.599. The normalized spacial score (nSPS) is 10.7. The van der Waals surface area contributed by atoms with Crippen LogP contribution in [0.3, 0.4) is 0 Å². The minimum Gasteiger partial charge on any atom is -0.506 e. The average Bonchev–Trinajstić information content (AvgIpc) is 2.58. The second kappa shape index (κ2) is 7.04. The minimum atomic E-state index is -1.24. The monoisotopic (exact) mass is 419 g/mol. The van der Waals surface area contributed by atoms with Gasteiger partial charge in [-0.2, -0.15) is 0 Å². The van der Waals surface area contributed by atoms with E-state index in [1.807, 2.05) is 0 Å². The van der Waals surface area contributed by atoms with Crippen molar-refractivity contribution in [1.82, 2.24) is 15.3 Å². The summed E-state index contributed by atoms with van der Waals surface area (Å²) in [4.78, 5) is 31.3. The van der Waals surface area contributed by atoms with Crippen molar-refractivity contribution in [1.29, 1.82) is 0 Å². The van der Waals surface area contributed by atoms with Gasteiger partial charge in [-0.05, 0) is 29.8 Å². The van der Waals surface area contributed by atoms with Gasteiger partial charge in [-0.15, -0.1) is 0 Å². The van der Waals surface area contributed by atoms with Crippen LogP contribution >= 0.6 is 15.9 Å². The summed E-state index contributed by atoms with van der Waals surface area (Å²) >= 11 is 3.18. The molecule has 26 heavy (non-hydrogen) atoms. The molecule has 7 nitrogen and oxygen atoms in total. The first-order chi connectivity index (χ1) is 12.4. The van der Waals surface area contributed by atoms with E-state index in [1.165, 1.54) is 30.6 Å². The summed E-state index contributed by atoms with van der Waals surface area (Å²) < 4.78 is 14.2. The molecule has 0 fully saturated rings. The zero-order valence-electron chi connectivity index (χ0n) is 13.0. The van der Waals surface area contributed by atoms with E-state index >= 15 is 0 Å². The number of nitrogens with zero attached hydrogens (tertiary/aromatic N) is 2. The molecule has 0 radical (unpaired) electrons. The van der Waals surface area contributed by atoms with Crippen LogP contribution in [0.1, 0.15) is 10.4 Å². The van der Waals surface area contributed by atoms with Gasteiger partial charge in [-0.25, -0.2) is 4.39 Å². The Balaban J connectivity index is 2.24. The lowest BCUT2D eigenvalue weighted by molar-refractivity contribution is -0.135. The Morgan fingerprint density at radius 1 is 1.15 bits per heavy atom. The fourth-order valence-electron chi connectivity index (χ4n) is 2.49. The van der Waals surface area contributed by atoms with E-state index < -0.39 is 30.0 Å². The lowest BCUT2D eigenvalue weighted by atomic mass is 9.99. The van der Waals surface area contributed by atoms with Gasteiger partial charge in [0.2, 0.25) is 0 Å². The molecule has 1 amide bonds. The van der Waals surface area contributed by atoms with Crippen LogP contribution in [0.25, 0.3) is 22.2 Å². The number of halogens is 2. The van der Waals surface area contributed by atoms with Crippen LogP contribution in [0.15, 0.2) is 41.1 Å². The van der Waals surface area contributed by atoms with Crippen LogP contribution in [0.5, 0.6) is 5.75 Å². The summed E-state index contributed by atoms with van der Waals surface area (Å²) in [5, 5.41) is 21.6. The number of carboxylic acids is 1. The smallest absolute Gasteiger partial charge is 0.322 e. The topological polar surface area (TPSA) is 112 Å². The Bertz CT molecular complexity index is 1020. The number of phenolic OH excluding ortho intramolecular Hbond substituents is 1. The summed E-state index contributed by atoms with van der Waals surface area (Å²) in [5.74, 6) is -3.05. The molecule has 0 atom stereocenters. The van der Waals surface area contributed by atoms with E-state index in [9.17, 15) is 19.1 Å². The standard InChI is InChI=1S/C17H11BrFN3O4/c18-9-3-8(4-10(19)5-9)11-6-12-15(21-2-1-20-12)14(16(11)25)17(26)22-7-13(23)24/h1-6,25H,7H2,(H,22,26)(H,23,24). The third kappa shape index (κ3) is 3.47. The van der Waals surface area contributed by atoms with Crippen molar-refractivity contribution in [2.75, 3.05) is 6.54 Å². The number of benzene rings is 2. The van der Waals surface area contributed by atoms with Gasteiger partial charge in [0.25, 0.3) is 5.91 Å². The van der Waals surface area contributed by atoms with Gasteiger partial charge in [-0.3, -0.25) is 19.6 Å². The Hall–Kier alpha value is -3.07. The van der Waals surface area contributed by atoms with Crippen LogP contribution in [0, 0.1) is 5.82 Å². The highest BCUT2D eigenvalue weighted by Gasteiger charge is 2.22. The molecule has 0 aliphatic rings. The molecule has 0 bridgehead atoms. The number of aromatic hydroxyl groups is 1. The largest absolute Gasteiger partial charge is 0.506 e. The van der Waals surface area contributed by atoms with Crippen LogP contribution in [-0.4, -0.2) is 38.6 Å². The maximum absolute atomic E-state index is 13.7. The van der Waals surface area contributed by atoms with Gasteiger partial charge in [0, 0.05) is 22.4 Å². The molecule has 9 heteroatoms. The molecule has 0 saturated carbocycles. The number of phenols is 1. The molecule has 3 rings (SSSR count). The summed E-state index contributed by atoms with van der Waals surface area (Å²) in [7, 11) is 0. The first kappa shape index (κ1) is 17.7. The van der Waals surface area contributed by atoms with Crippen LogP contribution in [0.4, 0.5) is 4.39 Å². The number of fused-ring (bicyclic) bond motifs is 1. The molecule has 0 aliphatic heterocycles. The first-order valence-electron chi connectivity index (χ1n) is 7.30. The Morgan fingerprint density at radius 3 is 2.58 bits per heavy atom. The molecular formula is C17H11BrFN3O4. The van der Waals surface area contributed by atoms with Crippen molar-refractivity contribution in [2.45, 2.75) is 0 Å². The molecule has 1 aromatic heterocycles. The Morgan fingerprint density at radius 2 is 1.88 bits per heavy atom. The molecule has 1 heterocycles. The molecular weight excluding hydrogens is 409 g/mol. The van der Waals surface area contributed by atoms with Crippen LogP contribution in [0.2, 0.25) is 0 Å². The first-order valence-corrected chi connectivity index (χ1v) is 8.09. The highest BCUT2D eigenvalue weighted by Crippen LogP contribution is 2.37. The molecule has 2 aromatic carbocycles. The third-order valence-electron chi connectivity index (χ3n) is 3.54. The summed E-state index contributed by atoms with van der Waals surface area (Å²) in [6.07, 6.45) is 2.75. The van der Waals surface area contributed by atoms with E-state index in [0.717, 1.165) is 0 Å². The molecule has 0 aliphatic carbocycles.